The Morgan fingerprint density at radius 3 is 2.31 bits per heavy atom. The number of nitrogens with zero attached hydrogens (tertiary/aromatic N) is 5. The zero-order valence-electron chi connectivity index (χ0n) is 18.2. The van der Waals surface area contributed by atoms with E-state index >= 15 is 0 Å². The van der Waals surface area contributed by atoms with Crippen LogP contribution in [0.2, 0.25) is 0 Å². The van der Waals surface area contributed by atoms with E-state index in [4.69, 9.17) is 4.42 Å². The molecule has 0 aliphatic carbocycles. The lowest BCUT2D eigenvalue weighted by Crippen LogP contribution is -2.48. The molecule has 1 amide bonds. The molecule has 0 unspecified atom stereocenters. The summed E-state index contributed by atoms with van der Waals surface area (Å²) in [5, 5.41) is 4.36. The van der Waals surface area contributed by atoms with Gasteiger partial charge in [0.05, 0.1) is 6.54 Å². The molecule has 4 heterocycles. The van der Waals surface area contributed by atoms with Crippen LogP contribution in [0.5, 0.6) is 0 Å². The van der Waals surface area contributed by atoms with E-state index in [0.29, 0.717) is 31.2 Å². The molecule has 5 rings (SSSR count). The van der Waals surface area contributed by atoms with Gasteiger partial charge in [-0.2, -0.15) is 11.3 Å². The highest BCUT2D eigenvalue weighted by Crippen LogP contribution is 2.18. The maximum atomic E-state index is 12.9. The summed E-state index contributed by atoms with van der Waals surface area (Å²) >= 11 is 1.75. The topological polar surface area (TPSA) is 56.1 Å². The molecular weight excluding hydrogens is 422 g/mol. The summed E-state index contributed by atoms with van der Waals surface area (Å²) in [6, 6.07) is 12.5. The van der Waals surface area contributed by atoms with Crippen molar-refractivity contribution in [3.63, 3.8) is 0 Å². The summed E-state index contributed by atoms with van der Waals surface area (Å²) in [7, 11) is 0. The number of carbonyl (C=O) groups excluding carboxylic acids is 1. The second kappa shape index (κ2) is 9.85. The van der Waals surface area contributed by atoms with E-state index < -0.39 is 0 Å². The number of rotatable bonds is 6. The van der Waals surface area contributed by atoms with Crippen molar-refractivity contribution in [2.45, 2.75) is 13.1 Å². The van der Waals surface area contributed by atoms with Crippen LogP contribution in [-0.4, -0.2) is 77.9 Å². The normalized spacial score (nSPS) is 18.2. The molecule has 168 valence electrons. The van der Waals surface area contributed by atoms with Crippen LogP contribution in [0.15, 0.2) is 57.8 Å². The lowest BCUT2D eigenvalue weighted by molar-refractivity contribution is 0.0740. The molecular formula is C24H29N5O2S. The average Bonchev–Trinajstić information content (AvgIpc) is 3.53. The summed E-state index contributed by atoms with van der Waals surface area (Å²) in [5.41, 5.74) is 3.02. The van der Waals surface area contributed by atoms with Gasteiger partial charge in [0.2, 0.25) is 5.89 Å². The lowest BCUT2D eigenvalue weighted by atomic mass is 10.2. The number of para-hydroxylation sites is 1. The van der Waals surface area contributed by atoms with E-state index in [9.17, 15) is 4.79 Å². The highest BCUT2D eigenvalue weighted by molar-refractivity contribution is 7.07. The number of aromatic nitrogens is 1. The molecule has 8 heteroatoms. The molecule has 7 nitrogen and oxygen atoms in total. The third kappa shape index (κ3) is 5.03. The molecule has 0 radical (unpaired) electrons. The molecule has 0 atom stereocenters. The lowest BCUT2D eigenvalue weighted by Gasteiger charge is -2.35. The summed E-state index contributed by atoms with van der Waals surface area (Å²) in [4.78, 5) is 26.4. The Morgan fingerprint density at radius 2 is 1.62 bits per heavy atom. The summed E-state index contributed by atoms with van der Waals surface area (Å²) in [6.07, 6.45) is 1.52. The number of hydrogen-bond donors (Lipinski definition) is 0. The highest BCUT2D eigenvalue weighted by Gasteiger charge is 2.25. The first-order valence-corrected chi connectivity index (χ1v) is 12.2. The molecule has 32 heavy (non-hydrogen) atoms. The molecule has 2 saturated heterocycles. The number of hydrogen-bond acceptors (Lipinski definition) is 7. The first-order valence-electron chi connectivity index (χ1n) is 11.2. The van der Waals surface area contributed by atoms with Crippen molar-refractivity contribution in [1.29, 1.82) is 0 Å². The molecule has 0 bridgehead atoms. The van der Waals surface area contributed by atoms with E-state index in [1.807, 2.05) is 23.1 Å². The second-order valence-electron chi connectivity index (χ2n) is 8.43. The Hall–Kier alpha value is -2.68. The summed E-state index contributed by atoms with van der Waals surface area (Å²) in [6.45, 7) is 8.76. The quantitative estimate of drug-likeness (QED) is 0.574. The number of carbonyl (C=O) groups is 1. The third-order valence-corrected chi connectivity index (χ3v) is 7.00. The van der Waals surface area contributed by atoms with Crippen LogP contribution in [0, 0.1) is 0 Å². The predicted molar refractivity (Wildman–Crippen MR) is 126 cm³/mol. The monoisotopic (exact) mass is 451 g/mol. The van der Waals surface area contributed by atoms with Crippen molar-refractivity contribution < 1.29 is 9.21 Å². The van der Waals surface area contributed by atoms with Crippen molar-refractivity contribution in [3.8, 4) is 0 Å². The first kappa shape index (κ1) is 21.2. The number of thiophene rings is 1. The van der Waals surface area contributed by atoms with Crippen LogP contribution in [0.3, 0.4) is 0 Å². The van der Waals surface area contributed by atoms with Crippen LogP contribution in [0.25, 0.3) is 0 Å². The van der Waals surface area contributed by atoms with Crippen LogP contribution < -0.4 is 4.90 Å². The first-order chi connectivity index (χ1) is 15.7. The number of anilines is 1. The maximum Gasteiger partial charge on any atom is 0.275 e. The molecule has 0 spiro atoms. The third-order valence-electron chi connectivity index (χ3n) is 6.27. The van der Waals surface area contributed by atoms with Crippen molar-refractivity contribution in [2.24, 2.45) is 0 Å². The van der Waals surface area contributed by atoms with Crippen molar-refractivity contribution in [3.05, 3.63) is 70.6 Å². The van der Waals surface area contributed by atoms with Gasteiger partial charge in [-0.05, 0) is 34.5 Å². The molecule has 2 aliphatic heterocycles. The molecule has 1 aromatic carbocycles. The fraction of sp³-hybridized carbons (Fsp3) is 0.417. The van der Waals surface area contributed by atoms with Gasteiger partial charge in [0.15, 0.2) is 5.69 Å². The largest absolute Gasteiger partial charge is 0.447 e. The fourth-order valence-electron chi connectivity index (χ4n) is 4.39. The van der Waals surface area contributed by atoms with Crippen LogP contribution >= 0.6 is 11.3 Å². The Labute approximate surface area is 192 Å². The van der Waals surface area contributed by atoms with E-state index in [1.165, 1.54) is 17.5 Å². The molecule has 0 saturated carbocycles. The number of piperazine rings is 2. The van der Waals surface area contributed by atoms with Crippen molar-refractivity contribution in [2.75, 3.05) is 57.3 Å². The van der Waals surface area contributed by atoms with Gasteiger partial charge in [0, 0.05) is 64.6 Å². The molecule has 0 N–H and O–H groups in total. The van der Waals surface area contributed by atoms with Gasteiger partial charge >= 0.3 is 0 Å². The number of oxazole rings is 1. The van der Waals surface area contributed by atoms with Gasteiger partial charge in [-0.15, -0.1) is 0 Å². The maximum absolute atomic E-state index is 12.9. The van der Waals surface area contributed by atoms with E-state index in [-0.39, 0.29) is 5.91 Å². The molecule has 2 aromatic heterocycles. The van der Waals surface area contributed by atoms with E-state index in [2.05, 4.69) is 48.6 Å². The minimum Gasteiger partial charge on any atom is -0.447 e. The molecule has 2 fully saturated rings. The zero-order valence-corrected chi connectivity index (χ0v) is 19.0. The minimum absolute atomic E-state index is 0.0340. The molecule has 2 aliphatic rings. The molecule has 3 aromatic rings. The van der Waals surface area contributed by atoms with Gasteiger partial charge < -0.3 is 14.2 Å². The average molecular weight is 452 g/mol. The number of benzene rings is 1. The zero-order chi connectivity index (χ0) is 21.8. The van der Waals surface area contributed by atoms with Crippen molar-refractivity contribution >= 4 is 22.9 Å². The van der Waals surface area contributed by atoms with Crippen LogP contribution in [0.4, 0.5) is 5.69 Å². The van der Waals surface area contributed by atoms with Crippen LogP contribution in [-0.2, 0) is 13.1 Å². The number of amides is 1. The van der Waals surface area contributed by atoms with Gasteiger partial charge in [-0.1, -0.05) is 18.2 Å². The Bertz CT molecular complexity index is 991. The fourth-order valence-corrected chi connectivity index (χ4v) is 5.05. The minimum atomic E-state index is -0.0340. The summed E-state index contributed by atoms with van der Waals surface area (Å²) < 4.78 is 5.66. The van der Waals surface area contributed by atoms with E-state index in [0.717, 1.165) is 45.8 Å². The predicted octanol–water partition coefficient (Wildman–Crippen LogP) is 3.02. The van der Waals surface area contributed by atoms with Gasteiger partial charge in [-0.3, -0.25) is 14.6 Å². The second-order valence-corrected chi connectivity index (χ2v) is 9.21. The standard InChI is InChI=1S/C24H29N5O2S/c30-24(29-13-11-28(12-14-29)21-4-2-1-3-5-21)22-18-31-23(25-22)17-27-9-7-26(8-10-27)16-20-6-15-32-19-20/h1-6,15,18-19H,7-14,16-17H2. The van der Waals surface area contributed by atoms with Gasteiger partial charge in [-0.25, -0.2) is 4.98 Å². The van der Waals surface area contributed by atoms with Gasteiger partial charge in [0.1, 0.15) is 6.26 Å². The Kier molecular flexibility index (Phi) is 6.52. The Morgan fingerprint density at radius 1 is 0.906 bits per heavy atom. The summed E-state index contributed by atoms with van der Waals surface area (Å²) in [5.74, 6) is 0.593. The van der Waals surface area contributed by atoms with Crippen LogP contribution in [0.1, 0.15) is 21.9 Å². The Balaban J connectivity index is 1.09. The van der Waals surface area contributed by atoms with Gasteiger partial charge in [0.25, 0.3) is 5.91 Å². The van der Waals surface area contributed by atoms with Crippen molar-refractivity contribution in [1.82, 2.24) is 19.7 Å². The highest BCUT2D eigenvalue weighted by atomic mass is 32.1. The smallest absolute Gasteiger partial charge is 0.275 e. The van der Waals surface area contributed by atoms with E-state index in [1.54, 1.807) is 11.3 Å². The SMILES string of the molecule is O=C(c1coc(CN2CCN(Cc3ccsc3)CC2)n1)N1CCN(c2ccccc2)CC1.